The van der Waals surface area contributed by atoms with Crippen molar-refractivity contribution in [1.82, 2.24) is 0 Å². The van der Waals surface area contributed by atoms with Gasteiger partial charge in [-0.1, -0.05) is 0 Å². The first kappa shape index (κ1) is 1.71. The van der Waals surface area contributed by atoms with E-state index in [0.29, 0.717) is 0 Å². The number of rotatable bonds is 0. The first-order valence-corrected chi connectivity index (χ1v) is 2.55. The lowest BCUT2D eigenvalue weighted by Gasteiger charge is -2.05. The zero-order chi connectivity index (χ0) is 3.70. The van der Waals surface area contributed by atoms with Crippen LogP contribution in [0.5, 0.6) is 0 Å². The van der Waals surface area contributed by atoms with Crippen molar-refractivity contribution in [2.75, 3.05) is 11.5 Å². The van der Waals surface area contributed by atoms with Gasteiger partial charge < -0.3 is 0 Å². The molecule has 1 saturated heterocycles. The van der Waals surface area contributed by atoms with Crippen LogP contribution in [0.1, 0.15) is 7.77 Å². The lowest BCUT2D eigenvalue weighted by Crippen LogP contribution is -1.94. The Bertz CT molecular complexity index is 33.9. The molecule has 0 aromatic heterocycles. The summed E-state index contributed by atoms with van der Waals surface area (Å²) in [5.74, 6) is 2.14. The highest BCUT2D eigenvalue weighted by Crippen LogP contribution is 2.14. The summed E-state index contributed by atoms with van der Waals surface area (Å²) >= 11 is 1.86. The minimum absolute atomic E-state index is 0.278. The van der Waals surface area contributed by atoms with Gasteiger partial charge in [0, 0.05) is 1.37 Å². The molecule has 4 heavy (non-hydrogen) atoms. The van der Waals surface area contributed by atoms with E-state index in [4.69, 9.17) is 1.37 Å². The van der Waals surface area contributed by atoms with Gasteiger partial charge in [0.1, 0.15) is 0 Å². The molecule has 0 amide bonds. The quantitative estimate of drug-likeness (QED) is 0.416. The first-order valence-electron chi connectivity index (χ1n) is 1.97. The van der Waals surface area contributed by atoms with Gasteiger partial charge in [-0.2, -0.15) is 11.8 Å². The molecule has 1 aliphatic heterocycles. The summed E-state index contributed by atoms with van der Waals surface area (Å²) in [6, 6.07) is 0. The molecule has 0 saturated carbocycles. The van der Waals surface area contributed by atoms with Gasteiger partial charge in [-0.25, -0.2) is 0 Å². The summed E-state index contributed by atoms with van der Waals surface area (Å²) in [5.41, 5.74) is 0. The van der Waals surface area contributed by atoms with E-state index in [1.165, 1.54) is 0 Å². The van der Waals surface area contributed by atoms with E-state index in [-0.39, 0.29) is 6.40 Å². The molecule has 0 aliphatic carbocycles. The Hall–Kier alpha value is 0.350. The van der Waals surface area contributed by atoms with Crippen molar-refractivity contribution in [3.05, 3.63) is 0 Å². The van der Waals surface area contributed by atoms with Crippen molar-refractivity contribution in [1.29, 1.82) is 0 Å². The lowest BCUT2D eigenvalue weighted by atomic mass is 10.6. The highest BCUT2D eigenvalue weighted by atomic mass is 32.2. The second kappa shape index (κ2) is 0.978. The fraction of sp³-hybridized carbons (Fsp3) is 1.00. The van der Waals surface area contributed by atoms with E-state index in [0.717, 1.165) is 11.5 Å². The first-order chi connectivity index (χ1) is 2.39. The smallest absolute Gasteiger partial charge is 0.0283 e. The molecule has 0 unspecified atom stereocenters. The Morgan fingerprint density at radius 2 is 2.25 bits per heavy atom. The Morgan fingerprint density at radius 3 is 2.25 bits per heavy atom. The molecule has 1 fully saturated rings. The molecule has 1 heteroatoms. The molecule has 24 valence electrons. The summed E-state index contributed by atoms with van der Waals surface area (Å²) in [6.45, 7) is 0. The lowest BCUT2D eigenvalue weighted by molar-refractivity contribution is 1.06. The molecule has 1 aliphatic rings. The van der Waals surface area contributed by atoms with Crippen molar-refractivity contribution < 1.29 is 1.37 Å². The standard InChI is InChI=1S/C3H6S/c1-2-4-3-1/h1-3H2/i1D. The molecule has 0 spiro atoms. The van der Waals surface area contributed by atoms with Crippen molar-refractivity contribution in [3.63, 3.8) is 0 Å². The SMILES string of the molecule is [2H]C1CSC1. The average molecular weight is 75.2 g/mol. The summed E-state index contributed by atoms with van der Waals surface area (Å²) in [5, 5.41) is 0. The zero-order valence-electron chi connectivity index (χ0n) is 3.40. The summed E-state index contributed by atoms with van der Waals surface area (Å²) in [7, 11) is 0. The Kier molecular flexibility index (Phi) is 0.417. The largest absolute Gasteiger partial charge is 0.162 e. The van der Waals surface area contributed by atoms with E-state index >= 15 is 0 Å². The van der Waals surface area contributed by atoms with Crippen molar-refractivity contribution in [2.45, 2.75) is 6.40 Å². The van der Waals surface area contributed by atoms with Crippen molar-refractivity contribution >= 4 is 11.8 Å². The highest BCUT2D eigenvalue weighted by molar-refractivity contribution is 8.00. The van der Waals surface area contributed by atoms with Crippen LogP contribution in [0.3, 0.4) is 0 Å². The van der Waals surface area contributed by atoms with Gasteiger partial charge in [-0.15, -0.1) is 0 Å². The molecular formula is C3H6S. The zero-order valence-corrected chi connectivity index (χ0v) is 3.22. The third-order valence-corrected chi connectivity index (χ3v) is 1.41. The third kappa shape index (κ3) is 0.226. The third-order valence-electron chi connectivity index (χ3n) is 0.471. The van der Waals surface area contributed by atoms with Crippen LogP contribution in [0.25, 0.3) is 0 Å². The second-order valence-electron chi connectivity index (χ2n) is 0.826. The van der Waals surface area contributed by atoms with Crippen molar-refractivity contribution in [2.24, 2.45) is 0 Å². The molecular weight excluding hydrogens is 68.1 g/mol. The molecule has 0 atom stereocenters. The number of thioether (sulfide) groups is 1. The molecule has 0 N–H and O–H groups in total. The van der Waals surface area contributed by atoms with E-state index in [9.17, 15) is 0 Å². The Labute approximate surface area is 32.0 Å². The van der Waals surface area contributed by atoms with Crippen LogP contribution >= 0.6 is 11.8 Å². The van der Waals surface area contributed by atoms with E-state index < -0.39 is 0 Å². The van der Waals surface area contributed by atoms with Gasteiger partial charge in [0.25, 0.3) is 0 Å². The Balaban J connectivity index is 2.08. The maximum atomic E-state index is 6.89. The normalized spacial score (nSPS) is 32.5. The minimum Gasteiger partial charge on any atom is -0.162 e. The fourth-order valence-corrected chi connectivity index (χ4v) is 0.354. The maximum Gasteiger partial charge on any atom is 0.0283 e. The minimum atomic E-state index is 0.278. The molecule has 0 bridgehead atoms. The molecule has 0 radical (unpaired) electrons. The summed E-state index contributed by atoms with van der Waals surface area (Å²) in [4.78, 5) is 0. The molecule has 1 rings (SSSR count). The summed E-state index contributed by atoms with van der Waals surface area (Å²) in [6.07, 6.45) is 0.278. The molecule has 0 nitrogen and oxygen atoms in total. The summed E-state index contributed by atoms with van der Waals surface area (Å²) < 4.78 is 6.89. The van der Waals surface area contributed by atoms with Gasteiger partial charge in [0.15, 0.2) is 0 Å². The highest BCUT2D eigenvalue weighted by Gasteiger charge is 1.95. The molecule has 0 aromatic carbocycles. The topological polar surface area (TPSA) is 0 Å². The molecule has 1 heterocycles. The van der Waals surface area contributed by atoms with Crippen LogP contribution in [-0.4, -0.2) is 11.5 Å². The van der Waals surface area contributed by atoms with Crippen LogP contribution in [-0.2, 0) is 0 Å². The van der Waals surface area contributed by atoms with Crippen LogP contribution < -0.4 is 0 Å². The fourth-order valence-electron chi connectivity index (χ4n) is 0.118. The van der Waals surface area contributed by atoms with Crippen LogP contribution in [0.2, 0.25) is 0 Å². The van der Waals surface area contributed by atoms with Gasteiger partial charge in [-0.05, 0) is 17.9 Å². The number of hydrogen-bond acceptors (Lipinski definition) is 1. The Morgan fingerprint density at radius 1 is 1.75 bits per heavy atom. The van der Waals surface area contributed by atoms with Gasteiger partial charge >= 0.3 is 0 Å². The van der Waals surface area contributed by atoms with E-state index in [1.54, 1.807) is 0 Å². The van der Waals surface area contributed by atoms with Crippen molar-refractivity contribution in [3.8, 4) is 0 Å². The predicted octanol–water partition coefficient (Wildman–Crippen LogP) is 1.12. The van der Waals surface area contributed by atoms with Gasteiger partial charge in [0.2, 0.25) is 0 Å². The van der Waals surface area contributed by atoms with Crippen LogP contribution in [0.15, 0.2) is 0 Å². The predicted molar refractivity (Wildman–Crippen MR) is 21.9 cm³/mol. The second-order valence-corrected chi connectivity index (χ2v) is 1.90. The van der Waals surface area contributed by atoms with Crippen LogP contribution in [0, 0.1) is 0 Å². The molecule has 0 aromatic rings. The van der Waals surface area contributed by atoms with Gasteiger partial charge in [0.05, 0.1) is 0 Å². The van der Waals surface area contributed by atoms with Crippen LogP contribution in [0.4, 0.5) is 0 Å². The van der Waals surface area contributed by atoms with Gasteiger partial charge in [-0.3, -0.25) is 0 Å². The monoisotopic (exact) mass is 75.0 g/mol. The maximum absolute atomic E-state index is 6.89. The number of hydrogen-bond donors (Lipinski definition) is 0. The van der Waals surface area contributed by atoms with E-state index in [2.05, 4.69) is 0 Å². The average Bonchev–Trinajstić information content (AvgIpc) is 1.30. The van der Waals surface area contributed by atoms with E-state index in [1.807, 2.05) is 11.8 Å².